The lowest BCUT2D eigenvalue weighted by Gasteiger charge is -2.17. The maximum atomic E-state index is 10.8. The molecule has 0 saturated carbocycles. The molecule has 1 aromatic rings. The van der Waals surface area contributed by atoms with Crippen molar-refractivity contribution in [2.24, 2.45) is 0 Å². The fourth-order valence-corrected chi connectivity index (χ4v) is 0.975. The number of ether oxygens (including phenoxy) is 1. The van der Waals surface area contributed by atoms with E-state index in [0.29, 0.717) is 5.82 Å². The van der Waals surface area contributed by atoms with Gasteiger partial charge in [-0.15, -0.1) is 0 Å². The van der Waals surface area contributed by atoms with Gasteiger partial charge in [-0.25, -0.2) is 9.78 Å². The molecular weight excluding hydrogens is 196 g/mol. The first-order valence-corrected chi connectivity index (χ1v) is 4.51. The van der Waals surface area contributed by atoms with Gasteiger partial charge < -0.3 is 9.84 Å². The number of nitrogens with zero attached hydrogens (tertiary/aromatic N) is 2. The molecule has 0 aliphatic carbocycles. The Labute approximate surface area is 88.1 Å². The van der Waals surface area contributed by atoms with Crippen molar-refractivity contribution < 1.29 is 14.6 Å². The van der Waals surface area contributed by atoms with E-state index in [0.717, 1.165) is 0 Å². The lowest BCUT2D eigenvalue weighted by Crippen LogP contribution is -2.18. The van der Waals surface area contributed by atoms with Gasteiger partial charge in [0.25, 0.3) is 0 Å². The highest BCUT2D eigenvalue weighted by Gasteiger charge is 2.21. The largest absolute Gasteiger partial charge is 0.481 e. The molecule has 0 spiro atoms. The Morgan fingerprint density at radius 1 is 1.40 bits per heavy atom. The first-order chi connectivity index (χ1) is 6.84. The number of carboxylic acids is 1. The molecule has 0 amide bonds. The molecule has 1 heterocycles. The van der Waals surface area contributed by atoms with Crippen molar-refractivity contribution in [2.75, 3.05) is 7.11 Å². The Balaban J connectivity index is 3.30. The molecule has 0 aliphatic heterocycles. The van der Waals surface area contributed by atoms with Crippen LogP contribution in [0.1, 0.15) is 37.1 Å². The van der Waals surface area contributed by atoms with Crippen molar-refractivity contribution in [3.8, 4) is 5.88 Å². The molecule has 0 saturated heterocycles. The van der Waals surface area contributed by atoms with Gasteiger partial charge in [0.15, 0.2) is 5.69 Å². The number of aromatic nitrogens is 2. The van der Waals surface area contributed by atoms with Gasteiger partial charge in [0.05, 0.1) is 7.11 Å². The van der Waals surface area contributed by atoms with Crippen LogP contribution >= 0.6 is 0 Å². The molecule has 5 nitrogen and oxygen atoms in total. The molecule has 0 bridgehead atoms. The summed E-state index contributed by atoms with van der Waals surface area (Å²) in [5, 5.41) is 8.85. The van der Waals surface area contributed by atoms with Crippen LogP contribution in [0.15, 0.2) is 6.07 Å². The molecule has 15 heavy (non-hydrogen) atoms. The molecule has 0 aromatic carbocycles. The van der Waals surface area contributed by atoms with Crippen molar-refractivity contribution >= 4 is 5.97 Å². The zero-order valence-electron chi connectivity index (χ0n) is 9.24. The van der Waals surface area contributed by atoms with Crippen LogP contribution in [0.5, 0.6) is 5.88 Å². The van der Waals surface area contributed by atoms with Crippen LogP contribution in [-0.4, -0.2) is 28.2 Å². The number of methoxy groups -OCH3 is 1. The predicted octanol–water partition coefficient (Wildman–Crippen LogP) is 1.48. The molecule has 0 unspecified atom stereocenters. The minimum atomic E-state index is -1.08. The summed E-state index contributed by atoms with van der Waals surface area (Å²) >= 11 is 0. The average molecular weight is 210 g/mol. The molecule has 1 N–H and O–H groups in total. The average Bonchev–Trinajstić information content (AvgIpc) is 2.15. The number of aromatic carboxylic acids is 1. The van der Waals surface area contributed by atoms with Gasteiger partial charge in [0, 0.05) is 11.5 Å². The Bertz CT molecular complexity index is 383. The maximum Gasteiger partial charge on any atom is 0.354 e. The van der Waals surface area contributed by atoms with Crippen LogP contribution < -0.4 is 4.74 Å². The van der Waals surface area contributed by atoms with Gasteiger partial charge >= 0.3 is 5.97 Å². The fourth-order valence-electron chi connectivity index (χ4n) is 0.975. The molecule has 5 heteroatoms. The second-order valence-corrected chi connectivity index (χ2v) is 4.17. The normalized spacial score (nSPS) is 11.2. The van der Waals surface area contributed by atoms with Gasteiger partial charge in [0.1, 0.15) is 5.82 Å². The van der Waals surface area contributed by atoms with Crippen molar-refractivity contribution in [1.82, 2.24) is 9.97 Å². The Morgan fingerprint density at radius 2 is 2.00 bits per heavy atom. The van der Waals surface area contributed by atoms with Gasteiger partial charge in [0.2, 0.25) is 5.88 Å². The molecule has 0 radical (unpaired) electrons. The van der Waals surface area contributed by atoms with Crippen LogP contribution in [0, 0.1) is 0 Å². The SMILES string of the molecule is COc1cc(C(=O)O)nc(C(C)(C)C)n1. The van der Waals surface area contributed by atoms with E-state index in [1.165, 1.54) is 13.2 Å². The summed E-state index contributed by atoms with van der Waals surface area (Å²) in [6.45, 7) is 5.73. The third kappa shape index (κ3) is 2.65. The Morgan fingerprint density at radius 3 is 2.40 bits per heavy atom. The number of rotatable bonds is 2. The highest BCUT2D eigenvalue weighted by Crippen LogP contribution is 2.21. The summed E-state index contributed by atoms with van der Waals surface area (Å²) in [5.74, 6) is -0.354. The minimum Gasteiger partial charge on any atom is -0.481 e. The molecular formula is C10H14N2O3. The second-order valence-electron chi connectivity index (χ2n) is 4.17. The number of hydrogen-bond acceptors (Lipinski definition) is 4. The first-order valence-electron chi connectivity index (χ1n) is 4.51. The van der Waals surface area contributed by atoms with Gasteiger partial charge in [-0.1, -0.05) is 20.8 Å². The second kappa shape index (κ2) is 3.84. The van der Waals surface area contributed by atoms with Crippen LogP contribution in [0.2, 0.25) is 0 Å². The smallest absolute Gasteiger partial charge is 0.354 e. The quantitative estimate of drug-likeness (QED) is 0.800. The predicted molar refractivity (Wildman–Crippen MR) is 54.2 cm³/mol. The molecule has 0 aliphatic rings. The fraction of sp³-hybridized carbons (Fsp3) is 0.500. The molecule has 1 aromatic heterocycles. The van der Waals surface area contributed by atoms with Gasteiger partial charge in [-0.2, -0.15) is 4.98 Å². The van der Waals surface area contributed by atoms with Crippen LogP contribution in [0.25, 0.3) is 0 Å². The van der Waals surface area contributed by atoms with Gasteiger partial charge in [-0.3, -0.25) is 0 Å². The van der Waals surface area contributed by atoms with Crippen LogP contribution in [0.4, 0.5) is 0 Å². The van der Waals surface area contributed by atoms with E-state index in [1.807, 2.05) is 20.8 Å². The van der Waals surface area contributed by atoms with Crippen molar-refractivity contribution in [3.05, 3.63) is 17.6 Å². The van der Waals surface area contributed by atoms with E-state index in [-0.39, 0.29) is 17.0 Å². The third-order valence-corrected chi connectivity index (χ3v) is 1.80. The van der Waals surface area contributed by atoms with Crippen molar-refractivity contribution in [3.63, 3.8) is 0 Å². The van der Waals surface area contributed by atoms with E-state index in [9.17, 15) is 4.79 Å². The summed E-state index contributed by atoms with van der Waals surface area (Å²) in [7, 11) is 1.44. The zero-order chi connectivity index (χ0) is 11.6. The maximum absolute atomic E-state index is 10.8. The lowest BCUT2D eigenvalue weighted by atomic mass is 9.95. The van der Waals surface area contributed by atoms with E-state index in [4.69, 9.17) is 9.84 Å². The minimum absolute atomic E-state index is 0.0493. The molecule has 82 valence electrons. The standard InChI is InChI=1S/C10H14N2O3/c1-10(2,3)9-11-6(8(13)14)5-7(12-9)15-4/h5H,1-4H3,(H,13,14). The first kappa shape index (κ1) is 11.4. The Kier molecular flexibility index (Phi) is 2.93. The highest BCUT2D eigenvalue weighted by molar-refractivity contribution is 5.85. The van der Waals surface area contributed by atoms with Crippen LogP contribution in [-0.2, 0) is 5.41 Å². The van der Waals surface area contributed by atoms with Gasteiger partial charge in [-0.05, 0) is 0 Å². The Hall–Kier alpha value is -1.65. The van der Waals surface area contributed by atoms with E-state index in [1.54, 1.807) is 0 Å². The number of carboxylic acid groups (broad SMARTS) is 1. The molecule has 1 rings (SSSR count). The summed E-state index contributed by atoms with van der Waals surface area (Å²) in [5.41, 5.74) is -0.356. The van der Waals surface area contributed by atoms with Crippen molar-refractivity contribution in [1.29, 1.82) is 0 Å². The summed E-state index contributed by atoms with van der Waals surface area (Å²) in [6.07, 6.45) is 0. The van der Waals surface area contributed by atoms with E-state index < -0.39 is 5.97 Å². The lowest BCUT2D eigenvalue weighted by molar-refractivity contribution is 0.0689. The highest BCUT2D eigenvalue weighted by atomic mass is 16.5. The molecule has 0 atom stereocenters. The number of hydrogen-bond donors (Lipinski definition) is 1. The van der Waals surface area contributed by atoms with E-state index >= 15 is 0 Å². The summed E-state index contributed by atoms with van der Waals surface area (Å²) in [4.78, 5) is 18.9. The topological polar surface area (TPSA) is 72.3 Å². The van der Waals surface area contributed by atoms with Crippen molar-refractivity contribution in [2.45, 2.75) is 26.2 Å². The van der Waals surface area contributed by atoms with Crippen LogP contribution in [0.3, 0.4) is 0 Å². The summed E-state index contributed by atoms with van der Waals surface area (Å²) < 4.78 is 4.93. The number of carbonyl (C=O) groups is 1. The zero-order valence-corrected chi connectivity index (χ0v) is 9.24. The monoisotopic (exact) mass is 210 g/mol. The molecule has 0 fully saturated rings. The van der Waals surface area contributed by atoms with E-state index in [2.05, 4.69) is 9.97 Å². The third-order valence-electron chi connectivity index (χ3n) is 1.80. The summed E-state index contributed by atoms with van der Waals surface area (Å²) in [6, 6.07) is 1.30.